The molecule has 4 heteroatoms. The minimum atomic E-state index is -0.353. The van der Waals surface area contributed by atoms with Crippen molar-refractivity contribution in [2.75, 3.05) is 0 Å². The Bertz CT molecular complexity index is 1280. The summed E-state index contributed by atoms with van der Waals surface area (Å²) in [5, 5.41) is 0. The fourth-order valence-corrected chi connectivity index (χ4v) is 10.0. The van der Waals surface area contributed by atoms with Gasteiger partial charge in [0.05, 0.1) is 0 Å². The predicted octanol–water partition coefficient (Wildman–Crippen LogP) is 5.54. The van der Waals surface area contributed by atoms with Gasteiger partial charge >= 0.3 is 213 Å². The van der Waals surface area contributed by atoms with Crippen LogP contribution in [-0.2, 0) is 5.41 Å². The summed E-state index contributed by atoms with van der Waals surface area (Å²) in [6.07, 6.45) is 0.876. The molecule has 34 heavy (non-hydrogen) atoms. The first-order chi connectivity index (χ1) is 16.4. The Hall–Kier alpha value is -2.48. The van der Waals surface area contributed by atoms with Gasteiger partial charge in [0, 0.05) is 0 Å². The van der Waals surface area contributed by atoms with Crippen molar-refractivity contribution in [1.82, 2.24) is 0 Å². The molecule has 170 valence electrons. The second-order valence-corrected chi connectivity index (χ2v) is 13.4. The third-order valence-corrected chi connectivity index (χ3v) is 12.0. The van der Waals surface area contributed by atoms with Gasteiger partial charge in [-0.15, -0.1) is 0 Å². The molecule has 0 spiro atoms. The fraction of sp³-hybridized carbons (Fsp3) is 0.133. The first-order valence-electron chi connectivity index (χ1n) is 11.2. The van der Waals surface area contributed by atoms with E-state index < -0.39 is 0 Å². The maximum absolute atomic E-state index is 13.9. The third kappa shape index (κ3) is 4.57. The van der Waals surface area contributed by atoms with Gasteiger partial charge in [0.25, 0.3) is 0 Å². The molecule has 0 heterocycles. The summed E-state index contributed by atoms with van der Waals surface area (Å²) in [6, 6.07) is 31.4. The van der Waals surface area contributed by atoms with Crippen molar-refractivity contribution < 1.29 is 8.78 Å². The monoisotopic (exact) mass is 582 g/mol. The van der Waals surface area contributed by atoms with E-state index in [0.717, 1.165) is 17.5 Å². The number of halogens is 2. The molecule has 0 radical (unpaired) electrons. The molecule has 0 amide bonds. The van der Waals surface area contributed by atoms with Crippen LogP contribution >= 0.6 is 0 Å². The number of allylic oxidation sites excluding steroid dienone is 2. The van der Waals surface area contributed by atoms with Crippen LogP contribution in [0.15, 0.2) is 106 Å². The van der Waals surface area contributed by atoms with E-state index in [2.05, 4.69) is 62.4 Å². The normalized spacial score (nSPS) is 14.7. The number of hydrogen-bond acceptors (Lipinski definition) is 0. The fourth-order valence-electron chi connectivity index (χ4n) is 4.33. The van der Waals surface area contributed by atoms with Crippen molar-refractivity contribution in [3.8, 4) is 0 Å². The zero-order valence-corrected chi connectivity index (χ0v) is 22.4. The van der Waals surface area contributed by atoms with Crippen molar-refractivity contribution in [1.29, 1.82) is 0 Å². The summed E-state index contributed by atoms with van der Waals surface area (Å²) < 4.78 is 33.3. The molecule has 0 nitrogen and oxygen atoms in total. The summed E-state index contributed by atoms with van der Waals surface area (Å²) >= 11 is 0.301. The van der Waals surface area contributed by atoms with E-state index in [0.29, 0.717) is 0 Å². The van der Waals surface area contributed by atoms with Crippen LogP contribution < -0.4 is 8.92 Å². The Morgan fingerprint density at radius 1 is 0.559 bits per heavy atom. The first kappa shape index (κ1) is 23.3. The van der Waals surface area contributed by atoms with Gasteiger partial charge in [-0.3, -0.25) is 0 Å². The molecule has 5 rings (SSSR count). The number of benzene rings is 4. The molecule has 1 aliphatic rings. The minimum absolute atomic E-state index is 0.0938. The average molecular weight is 580 g/mol. The van der Waals surface area contributed by atoms with Gasteiger partial charge in [-0.25, -0.2) is 0 Å². The molecular weight excluding hydrogens is 556 g/mol. The average Bonchev–Trinajstić information content (AvgIpc) is 2.84. The van der Waals surface area contributed by atoms with Crippen molar-refractivity contribution in [2.45, 2.75) is 25.7 Å². The van der Waals surface area contributed by atoms with Crippen molar-refractivity contribution in [3.05, 3.63) is 140 Å². The number of aryl methyl sites for hydroxylation is 2. The van der Waals surface area contributed by atoms with Gasteiger partial charge in [-0.1, -0.05) is 0 Å². The van der Waals surface area contributed by atoms with E-state index in [1.807, 2.05) is 24.3 Å². The second kappa shape index (κ2) is 9.64. The molecule has 0 saturated heterocycles. The van der Waals surface area contributed by atoms with Crippen LogP contribution in [0.25, 0.3) is 0 Å². The number of hydrogen-bond donors (Lipinski definition) is 0. The Balaban J connectivity index is 1.65. The summed E-state index contributed by atoms with van der Waals surface area (Å²) in [5.74, 6) is -0.480. The van der Waals surface area contributed by atoms with E-state index in [4.69, 9.17) is 0 Å². The van der Waals surface area contributed by atoms with Crippen LogP contribution in [0.5, 0.6) is 0 Å². The van der Waals surface area contributed by atoms with Gasteiger partial charge < -0.3 is 0 Å². The molecule has 0 aromatic heterocycles. The van der Waals surface area contributed by atoms with Crippen LogP contribution in [0.2, 0.25) is 0 Å². The van der Waals surface area contributed by atoms with Crippen molar-refractivity contribution >= 4 is 38.8 Å². The van der Waals surface area contributed by atoms with E-state index in [1.165, 1.54) is 29.0 Å². The summed E-state index contributed by atoms with van der Waals surface area (Å²) in [4.78, 5) is 0. The molecule has 0 N–H and O–H groups in total. The van der Waals surface area contributed by atoms with Crippen LogP contribution in [0.1, 0.15) is 28.7 Å². The second-order valence-electron chi connectivity index (χ2n) is 8.68. The zero-order chi connectivity index (χ0) is 23.7. The third-order valence-electron chi connectivity index (χ3n) is 6.24. The number of rotatable bonds is 6. The Morgan fingerprint density at radius 2 is 0.971 bits per heavy atom. The zero-order valence-electron chi connectivity index (χ0n) is 19.0. The van der Waals surface area contributed by atoms with Crippen LogP contribution in [0, 0.1) is 25.5 Å². The summed E-state index contributed by atoms with van der Waals surface area (Å²) in [5.41, 5.74) is 4.31. The van der Waals surface area contributed by atoms with Gasteiger partial charge in [-0.05, 0) is 0 Å². The molecule has 0 fully saturated rings. The Morgan fingerprint density at radius 3 is 1.41 bits per heavy atom. The molecule has 0 atom stereocenters. The quantitative estimate of drug-likeness (QED) is 0.263. The SMILES string of the molecule is Cc1ccc([Se]C2=C([Se]c3ccc(C)cc3)C(c3ccc(F)cc3)(c3ccc(F)cc3)C2)cc1. The molecular formula is C30H24F2Se2. The molecule has 0 saturated carbocycles. The van der Waals surface area contributed by atoms with Crippen LogP contribution in [-0.4, -0.2) is 29.9 Å². The Kier molecular flexibility index (Phi) is 6.60. The van der Waals surface area contributed by atoms with Gasteiger partial charge in [-0.2, -0.15) is 0 Å². The van der Waals surface area contributed by atoms with E-state index in [1.54, 1.807) is 24.3 Å². The van der Waals surface area contributed by atoms with Crippen LogP contribution in [0.3, 0.4) is 0 Å². The summed E-state index contributed by atoms with van der Waals surface area (Å²) in [7, 11) is 0. The molecule has 0 unspecified atom stereocenters. The van der Waals surface area contributed by atoms with E-state index in [-0.39, 0.29) is 47.0 Å². The standard InChI is InChI=1S/C30H24F2Se2/c1-20-3-15-26(16-4-20)33-28-19-30(22-7-11-24(31)12-8-22,23-9-13-25(32)14-10-23)29(28)34-27-17-5-21(2)6-18-27/h3-18H,19H2,1-2H3. The van der Waals surface area contributed by atoms with E-state index >= 15 is 0 Å². The predicted molar refractivity (Wildman–Crippen MR) is 138 cm³/mol. The van der Waals surface area contributed by atoms with Gasteiger partial charge in [0.2, 0.25) is 0 Å². The van der Waals surface area contributed by atoms with E-state index in [9.17, 15) is 8.78 Å². The van der Waals surface area contributed by atoms with Crippen molar-refractivity contribution in [2.24, 2.45) is 0 Å². The van der Waals surface area contributed by atoms with Crippen LogP contribution in [0.4, 0.5) is 8.78 Å². The molecule has 4 aromatic rings. The molecule has 1 aliphatic carbocycles. The van der Waals surface area contributed by atoms with Gasteiger partial charge in [0.15, 0.2) is 0 Å². The molecule has 0 bridgehead atoms. The topological polar surface area (TPSA) is 0 Å². The molecule has 0 aliphatic heterocycles. The first-order valence-corrected chi connectivity index (χ1v) is 14.6. The Labute approximate surface area is 212 Å². The maximum atomic E-state index is 13.9. The molecule has 4 aromatic carbocycles. The van der Waals surface area contributed by atoms with Crippen molar-refractivity contribution in [3.63, 3.8) is 0 Å². The van der Waals surface area contributed by atoms with Gasteiger partial charge in [0.1, 0.15) is 0 Å². The summed E-state index contributed by atoms with van der Waals surface area (Å²) in [6.45, 7) is 4.21.